The molecule has 0 radical (unpaired) electrons. The van der Waals surface area contributed by atoms with Gasteiger partial charge in [-0.15, -0.1) is 0 Å². The number of benzene rings is 3. The SMILES string of the molecule is CC(=O)N(CCC(=O)N(Cc1ccccc1)c1ccccc1)c1cccc(C)c1. The van der Waals surface area contributed by atoms with Crippen LogP contribution < -0.4 is 9.80 Å². The zero-order valence-corrected chi connectivity index (χ0v) is 16.9. The van der Waals surface area contributed by atoms with Crippen LogP contribution in [0.15, 0.2) is 84.9 Å². The second-order valence-corrected chi connectivity index (χ2v) is 7.06. The van der Waals surface area contributed by atoms with E-state index in [0.717, 1.165) is 22.5 Å². The van der Waals surface area contributed by atoms with Gasteiger partial charge in [0.2, 0.25) is 11.8 Å². The molecule has 0 heterocycles. The van der Waals surface area contributed by atoms with E-state index in [-0.39, 0.29) is 18.2 Å². The molecule has 0 saturated heterocycles. The van der Waals surface area contributed by atoms with Gasteiger partial charge in [0.25, 0.3) is 0 Å². The molecule has 0 atom stereocenters. The molecule has 0 N–H and O–H groups in total. The highest BCUT2D eigenvalue weighted by molar-refractivity contribution is 5.96. The Morgan fingerprint density at radius 3 is 2.00 bits per heavy atom. The highest BCUT2D eigenvalue weighted by atomic mass is 16.2. The van der Waals surface area contributed by atoms with Gasteiger partial charge in [0.1, 0.15) is 0 Å². The maximum atomic E-state index is 13.2. The van der Waals surface area contributed by atoms with Gasteiger partial charge in [-0.2, -0.15) is 0 Å². The lowest BCUT2D eigenvalue weighted by atomic mass is 10.1. The Kier molecular flexibility index (Phi) is 6.80. The van der Waals surface area contributed by atoms with E-state index in [9.17, 15) is 9.59 Å². The van der Waals surface area contributed by atoms with Crippen LogP contribution in [0, 0.1) is 6.92 Å². The van der Waals surface area contributed by atoms with Crippen LogP contribution in [0.2, 0.25) is 0 Å². The normalized spacial score (nSPS) is 10.4. The molecule has 4 nitrogen and oxygen atoms in total. The summed E-state index contributed by atoms with van der Waals surface area (Å²) < 4.78 is 0. The van der Waals surface area contributed by atoms with Crippen molar-refractivity contribution in [3.63, 3.8) is 0 Å². The number of carbonyl (C=O) groups is 2. The molecule has 148 valence electrons. The molecule has 4 heteroatoms. The van der Waals surface area contributed by atoms with Crippen molar-refractivity contribution in [3.05, 3.63) is 96.1 Å². The molecule has 0 fully saturated rings. The van der Waals surface area contributed by atoms with Gasteiger partial charge in [-0.3, -0.25) is 9.59 Å². The third-order valence-corrected chi connectivity index (χ3v) is 4.80. The van der Waals surface area contributed by atoms with Crippen molar-refractivity contribution < 1.29 is 9.59 Å². The highest BCUT2D eigenvalue weighted by Gasteiger charge is 2.19. The van der Waals surface area contributed by atoms with Crippen molar-refractivity contribution in [1.82, 2.24) is 0 Å². The number of para-hydroxylation sites is 1. The molecular weight excluding hydrogens is 360 g/mol. The predicted molar refractivity (Wildman–Crippen MR) is 118 cm³/mol. The number of amides is 2. The molecule has 3 rings (SSSR count). The molecule has 3 aromatic carbocycles. The first-order chi connectivity index (χ1) is 14.0. The molecule has 0 unspecified atom stereocenters. The maximum absolute atomic E-state index is 13.2. The van der Waals surface area contributed by atoms with Crippen molar-refractivity contribution in [3.8, 4) is 0 Å². The number of nitrogens with zero attached hydrogens (tertiary/aromatic N) is 2. The molecule has 29 heavy (non-hydrogen) atoms. The second-order valence-electron chi connectivity index (χ2n) is 7.06. The second kappa shape index (κ2) is 9.69. The van der Waals surface area contributed by atoms with E-state index in [2.05, 4.69) is 0 Å². The van der Waals surface area contributed by atoms with E-state index < -0.39 is 0 Å². The molecule has 0 aromatic heterocycles. The van der Waals surface area contributed by atoms with Crippen molar-refractivity contribution in [2.75, 3.05) is 16.3 Å². The Morgan fingerprint density at radius 2 is 1.38 bits per heavy atom. The third-order valence-electron chi connectivity index (χ3n) is 4.80. The number of carbonyl (C=O) groups excluding carboxylic acids is 2. The van der Waals surface area contributed by atoms with Crippen LogP contribution in [-0.2, 0) is 16.1 Å². The van der Waals surface area contributed by atoms with Gasteiger partial charge >= 0.3 is 0 Å². The summed E-state index contributed by atoms with van der Waals surface area (Å²) in [6.45, 7) is 4.36. The van der Waals surface area contributed by atoms with Crippen molar-refractivity contribution in [2.24, 2.45) is 0 Å². The summed E-state index contributed by atoms with van der Waals surface area (Å²) in [5, 5.41) is 0. The molecule has 3 aromatic rings. The predicted octanol–water partition coefficient (Wildman–Crippen LogP) is 4.97. The standard InChI is InChI=1S/C25H26N2O2/c1-20-10-9-15-24(18-20)26(21(2)28)17-16-25(29)27(23-13-7-4-8-14-23)19-22-11-5-3-6-12-22/h3-15,18H,16-17,19H2,1-2H3. The minimum Gasteiger partial charge on any atom is -0.312 e. The summed E-state index contributed by atoms with van der Waals surface area (Å²) in [5.41, 5.74) is 3.81. The van der Waals surface area contributed by atoms with Crippen LogP contribution >= 0.6 is 0 Å². The maximum Gasteiger partial charge on any atom is 0.229 e. The monoisotopic (exact) mass is 386 g/mol. The van der Waals surface area contributed by atoms with E-state index in [1.54, 1.807) is 9.80 Å². The molecule has 0 spiro atoms. The Morgan fingerprint density at radius 1 is 0.759 bits per heavy atom. The summed E-state index contributed by atoms with van der Waals surface area (Å²) in [6.07, 6.45) is 0.245. The minimum atomic E-state index is -0.0716. The first-order valence-corrected chi connectivity index (χ1v) is 9.78. The fraction of sp³-hybridized carbons (Fsp3) is 0.200. The van der Waals surface area contributed by atoms with E-state index in [1.807, 2.05) is 91.9 Å². The van der Waals surface area contributed by atoms with E-state index in [0.29, 0.717) is 13.1 Å². The lowest BCUT2D eigenvalue weighted by Gasteiger charge is -2.26. The van der Waals surface area contributed by atoms with Crippen molar-refractivity contribution in [2.45, 2.75) is 26.8 Å². The van der Waals surface area contributed by atoms with Gasteiger partial charge < -0.3 is 9.80 Å². The van der Waals surface area contributed by atoms with Gasteiger partial charge in [-0.1, -0.05) is 60.7 Å². The molecule has 0 aliphatic rings. The Balaban J connectivity index is 1.77. The number of aryl methyl sites for hydroxylation is 1. The third kappa shape index (κ3) is 5.55. The lowest BCUT2D eigenvalue weighted by Crippen LogP contribution is -2.36. The zero-order valence-electron chi connectivity index (χ0n) is 16.9. The molecule has 0 saturated carbocycles. The first kappa shape index (κ1) is 20.3. The Labute approximate surface area is 172 Å². The number of hydrogen-bond acceptors (Lipinski definition) is 2. The van der Waals surface area contributed by atoms with E-state index in [4.69, 9.17) is 0 Å². The molecular formula is C25H26N2O2. The first-order valence-electron chi connectivity index (χ1n) is 9.78. The quantitative estimate of drug-likeness (QED) is 0.575. The van der Waals surface area contributed by atoms with Crippen molar-refractivity contribution >= 4 is 23.2 Å². The smallest absolute Gasteiger partial charge is 0.229 e. The molecule has 0 bridgehead atoms. The summed E-state index contributed by atoms with van der Waals surface area (Å²) in [7, 11) is 0. The van der Waals surface area contributed by atoms with Gasteiger partial charge in [-0.25, -0.2) is 0 Å². The molecule has 0 aliphatic carbocycles. The van der Waals surface area contributed by atoms with E-state index in [1.165, 1.54) is 6.92 Å². The van der Waals surface area contributed by atoms with Crippen LogP contribution in [-0.4, -0.2) is 18.4 Å². The molecule has 2 amide bonds. The Bertz CT molecular complexity index is 955. The average molecular weight is 386 g/mol. The average Bonchev–Trinajstić information content (AvgIpc) is 2.73. The number of hydrogen-bond donors (Lipinski definition) is 0. The van der Waals surface area contributed by atoms with Gasteiger partial charge in [0.05, 0.1) is 6.54 Å². The molecule has 0 aliphatic heterocycles. The topological polar surface area (TPSA) is 40.6 Å². The van der Waals surface area contributed by atoms with E-state index >= 15 is 0 Å². The number of anilines is 2. The van der Waals surface area contributed by atoms with Crippen LogP contribution in [0.3, 0.4) is 0 Å². The fourth-order valence-electron chi connectivity index (χ4n) is 3.30. The Hall–Kier alpha value is -3.40. The van der Waals surface area contributed by atoms with Crippen LogP contribution in [0.5, 0.6) is 0 Å². The summed E-state index contributed by atoms with van der Waals surface area (Å²) in [5.74, 6) is -0.0864. The largest absolute Gasteiger partial charge is 0.312 e. The van der Waals surface area contributed by atoms with Gasteiger partial charge in [0, 0.05) is 31.3 Å². The summed E-state index contributed by atoms with van der Waals surface area (Å²) in [6, 6.07) is 27.4. The minimum absolute atomic E-state index is 0.0149. The summed E-state index contributed by atoms with van der Waals surface area (Å²) in [4.78, 5) is 28.8. The fourth-order valence-corrected chi connectivity index (χ4v) is 3.30. The summed E-state index contributed by atoms with van der Waals surface area (Å²) >= 11 is 0. The van der Waals surface area contributed by atoms with Crippen LogP contribution in [0.25, 0.3) is 0 Å². The van der Waals surface area contributed by atoms with Crippen LogP contribution in [0.4, 0.5) is 11.4 Å². The van der Waals surface area contributed by atoms with Crippen LogP contribution in [0.1, 0.15) is 24.5 Å². The van der Waals surface area contributed by atoms with Crippen molar-refractivity contribution in [1.29, 1.82) is 0 Å². The zero-order chi connectivity index (χ0) is 20.6. The van der Waals surface area contributed by atoms with Gasteiger partial charge in [-0.05, 0) is 42.3 Å². The van der Waals surface area contributed by atoms with Gasteiger partial charge in [0.15, 0.2) is 0 Å². The number of rotatable bonds is 7. The highest BCUT2D eigenvalue weighted by Crippen LogP contribution is 2.20. The lowest BCUT2D eigenvalue weighted by molar-refractivity contribution is -0.118.